The van der Waals surface area contributed by atoms with Crippen molar-refractivity contribution < 1.29 is 9.84 Å². The van der Waals surface area contributed by atoms with Crippen molar-refractivity contribution in [1.82, 2.24) is 5.32 Å². The Balaban J connectivity index is 1.71. The number of aliphatic hydroxyl groups is 1. The van der Waals surface area contributed by atoms with Gasteiger partial charge in [-0.3, -0.25) is 0 Å². The molecule has 18 heavy (non-hydrogen) atoms. The monoisotopic (exact) mass is 249 g/mol. The fourth-order valence-electron chi connectivity index (χ4n) is 2.47. The Hall–Kier alpha value is -0.900. The zero-order valence-corrected chi connectivity index (χ0v) is 11.3. The van der Waals surface area contributed by atoms with Crippen LogP contribution in [0.3, 0.4) is 0 Å². The third-order valence-electron chi connectivity index (χ3n) is 3.70. The third-order valence-corrected chi connectivity index (χ3v) is 3.70. The van der Waals surface area contributed by atoms with Crippen LogP contribution in [-0.4, -0.2) is 37.5 Å². The topological polar surface area (TPSA) is 41.5 Å². The molecule has 2 N–H and O–H groups in total. The molecule has 0 spiro atoms. The van der Waals surface area contributed by atoms with Crippen LogP contribution in [0.1, 0.15) is 30.4 Å². The van der Waals surface area contributed by atoms with Gasteiger partial charge in [-0.05, 0) is 24.5 Å². The van der Waals surface area contributed by atoms with Crippen LogP contribution in [-0.2, 0) is 11.2 Å². The third kappa shape index (κ3) is 3.31. The normalized spacial score (nSPS) is 20.9. The van der Waals surface area contributed by atoms with E-state index in [1.54, 1.807) is 7.11 Å². The number of hydrogen-bond donors (Lipinski definition) is 2. The van der Waals surface area contributed by atoms with Gasteiger partial charge in [0, 0.05) is 39.1 Å². The molecule has 1 aromatic rings. The Bertz CT molecular complexity index is 390. The van der Waals surface area contributed by atoms with Crippen molar-refractivity contribution in [3.63, 3.8) is 0 Å². The summed E-state index contributed by atoms with van der Waals surface area (Å²) in [6.45, 7) is 4.02. The molecule has 3 heteroatoms. The highest BCUT2D eigenvalue weighted by Gasteiger charge is 2.26. The van der Waals surface area contributed by atoms with E-state index in [1.807, 2.05) is 6.92 Å². The van der Waals surface area contributed by atoms with E-state index < -0.39 is 5.60 Å². The van der Waals surface area contributed by atoms with Gasteiger partial charge in [0.15, 0.2) is 0 Å². The van der Waals surface area contributed by atoms with E-state index in [4.69, 9.17) is 4.74 Å². The molecule has 0 aliphatic heterocycles. The molecule has 0 saturated heterocycles. The molecule has 1 aliphatic carbocycles. The van der Waals surface area contributed by atoms with Crippen LogP contribution >= 0.6 is 0 Å². The second kappa shape index (κ2) is 5.83. The second-order valence-electron chi connectivity index (χ2n) is 5.47. The first kappa shape index (κ1) is 13.5. The van der Waals surface area contributed by atoms with Gasteiger partial charge in [0.1, 0.15) is 0 Å². The zero-order valence-electron chi connectivity index (χ0n) is 11.3. The molecule has 2 unspecified atom stereocenters. The summed E-state index contributed by atoms with van der Waals surface area (Å²) in [6.07, 6.45) is 1.82. The Labute approximate surface area is 109 Å². The number of rotatable bonds is 7. The van der Waals surface area contributed by atoms with E-state index in [-0.39, 0.29) is 0 Å². The molecule has 3 nitrogen and oxygen atoms in total. The molecular weight excluding hydrogens is 226 g/mol. The van der Waals surface area contributed by atoms with Gasteiger partial charge in [-0.25, -0.2) is 0 Å². The SMILES string of the molecule is COCCC(C)(O)CNCC1Cc2ccccc21. The number of nitrogens with one attached hydrogen (secondary N) is 1. The van der Waals surface area contributed by atoms with E-state index >= 15 is 0 Å². The first-order valence-electron chi connectivity index (χ1n) is 6.62. The Morgan fingerprint density at radius 3 is 2.94 bits per heavy atom. The predicted molar refractivity (Wildman–Crippen MR) is 72.9 cm³/mol. The van der Waals surface area contributed by atoms with Crippen LogP contribution < -0.4 is 5.32 Å². The molecule has 2 atom stereocenters. The molecule has 0 fully saturated rings. The van der Waals surface area contributed by atoms with Crippen LogP contribution in [0.15, 0.2) is 24.3 Å². The van der Waals surface area contributed by atoms with Gasteiger partial charge in [-0.2, -0.15) is 0 Å². The summed E-state index contributed by atoms with van der Waals surface area (Å²) in [6, 6.07) is 8.59. The Kier molecular flexibility index (Phi) is 4.38. The standard InChI is InChI=1S/C15H23NO2/c1-15(17,7-8-18-2)11-16-10-13-9-12-5-3-4-6-14(12)13/h3-6,13,16-17H,7-11H2,1-2H3. The predicted octanol–water partition coefficient (Wildman–Crippen LogP) is 1.70. The molecular formula is C15H23NO2. The minimum absolute atomic E-state index is 0.598. The summed E-state index contributed by atoms with van der Waals surface area (Å²) in [5, 5.41) is 13.5. The Morgan fingerprint density at radius 1 is 1.44 bits per heavy atom. The zero-order chi connectivity index (χ0) is 13.0. The lowest BCUT2D eigenvalue weighted by molar-refractivity contribution is 0.0247. The number of methoxy groups -OCH3 is 1. The molecule has 0 amide bonds. The van der Waals surface area contributed by atoms with Gasteiger partial charge in [0.25, 0.3) is 0 Å². The lowest BCUT2D eigenvalue weighted by Gasteiger charge is -2.32. The lowest BCUT2D eigenvalue weighted by atomic mass is 9.77. The van der Waals surface area contributed by atoms with E-state index in [0.29, 0.717) is 25.5 Å². The van der Waals surface area contributed by atoms with Gasteiger partial charge in [-0.1, -0.05) is 24.3 Å². The van der Waals surface area contributed by atoms with Crippen LogP contribution in [0.4, 0.5) is 0 Å². The largest absolute Gasteiger partial charge is 0.389 e. The summed E-state index contributed by atoms with van der Waals surface area (Å²) in [5.74, 6) is 0.611. The summed E-state index contributed by atoms with van der Waals surface area (Å²) in [5.41, 5.74) is 2.25. The molecule has 100 valence electrons. The van der Waals surface area contributed by atoms with E-state index in [0.717, 1.165) is 13.0 Å². The second-order valence-corrected chi connectivity index (χ2v) is 5.47. The molecule has 0 heterocycles. The maximum absolute atomic E-state index is 10.1. The fourth-order valence-corrected chi connectivity index (χ4v) is 2.47. The first-order chi connectivity index (χ1) is 8.62. The van der Waals surface area contributed by atoms with Gasteiger partial charge in [0.05, 0.1) is 5.60 Å². The van der Waals surface area contributed by atoms with Crippen molar-refractivity contribution in [3.05, 3.63) is 35.4 Å². The van der Waals surface area contributed by atoms with Crippen molar-refractivity contribution in [2.24, 2.45) is 0 Å². The van der Waals surface area contributed by atoms with Crippen molar-refractivity contribution in [2.45, 2.75) is 31.3 Å². The molecule has 2 rings (SSSR count). The van der Waals surface area contributed by atoms with Crippen LogP contribution in [0.5, 0.6) is 0 Å². The van der Waals surface area contributed by atoms with Crippen molar-refractivity contribution in [1.29, 1.82) is 0 Å². The van der Waals surface area contributed by atoms with E-state index in [9.17, 15) is 5.11 Å². The fraction of sp³-hybridized carbons (Fsp3) is 0.600. The van der Waals surface area contributed by atoms with Gasteiger partial charge >= 0.3 is 0 Å². The van der Waals surface area contributed by atoms with Crippen LogP contribution in [0, 0.1) is 0 Å². The number of fused-ring (bicyclic) bond motifs is 1. The van der Waals surface area contributed by atoms with Gasteiger partial charge < -0.3 is 15.2 Å². The highest BCUT2D eigenvalue weighted by molar-refractivity contribution is 5.40. The summed E-state index contributed by atoms with van der Waals surface area (Å²) in [7, 11) is 1.66. The lowest BCUT2D eigenvalue weighted by Crippen LogP contribution is -2.41. The van der Waals surface area contributed by atoms with Crippen molar-refractivity contribution in [3.8, 4) is 0 Å². The first-order valence-corrected chi connectivity index (χ1v) is 6.62. The molecule has 0 radical (unpaired) electrons. The van der Waals surface area contributed by atoms with Crippen LogP contribution in [0.2, 0.25) is 0 Å². The highest BCUT2D eigenvalue weighted by Crippen LogP contribution is 2.34. The van der Waals surface area contributed by atoms with Crippen LogP contribution in [0.25, 0.3) is 0 Å². The molecule has 1 aromatic carbocycles. The summed E-state index contributed by atoms with van der Waals surface area (Å²) >= 11 is 0. The summed E-state index contributed by atoms with van der Waals surface area (Å²) in [4.78, 5) is 0. The maximum Gasteiger partial charge on any atom is 0.0765 e. The van der Waals surface area contributed by atoms with Crippen molar-refractivity contribution >= 4 is 0 Å². The molecule has 0 bridgehead atoms. The molecule has 0 saturated carbocycles. The number of ether oxygens (including phenoxy) is 1. The maximum atomic E-state index is 10.1. The summed E-state index contributed by atoms with van der Waals surface area (Å²) < 4.78 is 5.00. The molecule has 0 aromatic heterocycles. The minimum atomic E-state index is -0.681. The smallest absolute Gasteiger partial charge is 0.0765 e. The average Bonchev–Trinajstić information content (AvgIpc) is 2.32. The highest BCUT2D eigenvalue weighted by atomic mass is 16.5. The number of hydrogen-bond acceptors (Lipinski definition) is 3. The van der Waals surface area contributed by atoms with E-state index in [1.165, 1.54) is 11.1 Å². The van der Waals surface area contributed by atoms with Gasteiger partial charge in [-0.15, -0.1) is 0 Å². The van der Waals surface area contributed by atoms with Gasteiger partial charge in [0.2, 0.25) is 0 Å². The quantitative estimate of drug-likeness (QED) is 0.773. The minimum Gasteiger partial charge on any atom is -0.389 e. The van der Waals surface area contributed by atoms with Crippen molar-refractivity contribution in [2.75, 3.05) is 26.8 Å². The Morgan fingerprint density at radius 2 is 2.22 bits per heavy atom. The average molecular weight is 249 g/mol. The molecule has 1 aliphatic rings. The number of benzene rings is 1. The van der Waals surface area contributed by atoms with E-state index in [2.05, 4.69) is 29.6 Å².